The largest absolute Gasteiger partial charge is 0.0464 e. The first kappa shape index (κ1) is 6.81. The van der Waals surface area contributed by atoms with Crippen LogP contribution >= 0.6 is 0 Å². The summed E-state index contributed by atoms with van der Waals surface area (Å²) in [6.07, 6.45) is 6.85. The molecule has 0 nitrogen and oxygen atoms in total. The summed E-state index contributed by atoms with van der Waals surface area (Å²) in [5.41, 5.74) is 2.03. The molecule has 4 bridgehead atoms. The molecule has 0 saturated heterocycles. The predicted octanol–water partition coefficient (Wildman–Crippen LogP) is 2.79. The van der Waals surface area contributed by atoms with Gasteiger partial charge in [0.1, 0.15) is 0 Å². The van der Waals surface area contributed by atoms with Crippen LogP contribution in [0.5, 0.6) is 0 Å². The first-order valence-corrected chi connectivity index (χ1v) is 7.91. The highest BCUT2D eigenvalue weighted by Gasteiger charge is 2.99. The topological polar surface area (TPSA) is 0 Å². The molecule has 0 N–H and O–H groups in total. The Bertz CT molecular complexity index is 457. The molecule has 10 unspecified atom stereocenters. The third-order valence-electron chi connectivity index (χ3n) is 10.4. The number of hydrogen-bond acceptors (Lipinski definition) is 0. The Morgan fingerprint density at radius 3 is 1.81 bits per heavy atom. The highest BCUT2D eigenvalue weighted by Crippen LogP contribution is 3.04. The summed E-state index contributed by atoms with van der Waals surface area (Å²) in [5, 5.41) is 0. The third-order valence-corrected chi connectivity index (χ3v) is 10.4. The Morgan fingerprint density at radius 2 is 1.25 bits per heavy atom. The van der Waals surface area contributed by atoms with Gasteiger partial charge in [0.05, 0.1) is 0 Å². The lowest BCUT2D eigenvalue weighted by atomic mass is 9.46. The molecule has 0 aromatic carbocycles. The SMILES string of the molecule is C1C2C3C4C5C2C2C1C3C13CCC21[C@H]5C[C@H]43. The Hall–Kier alpha value is 0. The van der Waals surface area contributed by atoms with E-state index in [1.807, 2.05) is 0 Å². The van der Waals surface area contributed by atoms with E-state index < -0.39 is 0 Å². The molecule has 0 aromatic rings. The fraction of sp³-hybridized carbons (Fsp3) is 1.00. The smallest absolute Gasteiger partial charge is 0.0170 e. The minimum atomic E-state index is 1.01. The van der Waals surface area contributed by atoms with Gasteiger partial charge in [-0.3, -0.25) is 0 Å². The van der Waals surface area contributed by atoms with Crippen LogP contribution < -0.4 is 0 Å². The lowest BCUT2D eigenvalue weighted by Gasteiger charge is -2.58. The predicted molar refractivity (Wildman–Crippen MR) is 58.2 cm³/mol. The molecule has 2 spiro atoms. The summed E-state index contributed by atoms with van der Waals surface area (Å²) < 4.78 is 0. The van der Waals surface area contributed by atoms with E-state index in [0.29, 0.717) is 0 Å². The molecule has 0 heterocycles. The molecular weight excluding hydrogens is 192 g/mol. The van der Waals surface area contributed by atoms with Gasteiger partial charge in [0.15, 0.2) is 0 Å². The third kappa shape index (κ3) is 0.280. The van der Waals surface area contributed by atoms with Crippen LogP contribution in [0.2, 0.25) is 0 Å². The van der Waals surface area contributed by atoms with E-state index in [4.69, 9.17) is 0 Å². The molecule has 82 valence electrons. The summed E-state index contributed by atoms with van der Waals surface area (Å²) in [4.78, 5) is 0. The summed E-state index contributed by atoms with van der Waals surface area (Å²) in [5.74, 6) is 13.0. The van der Waals surface area contributed by atoms with Gasteiger partial charge in [0.25, 0.3) is 0 Å². The molecule has 0 aromatic heterocycles. The maximum Gasteiger partial charge on any atom is -0.0170 e. The Morgan fingerprint density at radius 1 is 0.625 bits per heavy atom. The second-order valence-electron chi connectivity index (χ2n) is 8.95. The maximum atomic E-state index is 1.73. The van der Waals surface area contributed by atoms with Crippen molar-refractivity contribution >= 4 is 0 Å². The van der Waals surface area contributed by atoms with E-state index in [0.717, 1.165) is 10.8 Å². The van der Waals surface area contributed by atoms with Crippen LogP contribution in [0.3, 0.4) is 0 Å². The Balaban J connectivity index is 1.71. The van der Waals surface area contributed by atoms with Crippen molar-refractivity contribution in [1.29, 1.82) is 0 Å². The van der Waals surface area contributed by atoms with Gasteiger partial charge in [-0.1, -0.05) is 0 Å². The molecule has 9 aliphatic carbocycles. The molecule has 0 amide bonds. The second kappa shape index (κ2) is 1.39. The van der Waals surface area contributed by atoms with E-state index in [1.165, 1.54) is 59.2 Å². The molecule has 9 aliphatic rings. The van der Waals surface area contributed by atoms with Crippen molar-refractivity contribution in [1.82, 2.24) is 0 Å². The Labute approximate surface area is 96.2 Å². The zero-order chi connectivity index (χ0) is 9.60. The average molecular weight is 210 g/mol. The quantitative estimate of drug-likeness (QED) is 0.577. The summed E-state index contributed by atoms with van der Waals surface area (Å²) in [6, 6.07) is 0. The van der Waals surface area contributed by atoms with Gasteiger partial charge in [-0.2, -0.15) is 0 Å². The van der Waals surface area contributed by atoms with E-state index in [2.05, 4.69) is 0 Å². The zero-order valence-electron chi connectivity index (χ0n) is 9.60. The highest BCUT2D eigenvalue weighted by atomic mass is 15.0. The van der Waals surface area contributed by atoms with Gasteiger partial charge in [-0.25, -0.2) is 0 Å². The van der Waals surface area contributed by atoms with Crippen molar-refractivity contribution in [3.8, 4) is 0 Å². The molecule has 12 atom stereocenters. The summed E-state index contributed by atoms with van der Waals surface area (Å²) in [6.45, 7) is 0. The van der Waals surface area contributed by atoms with Gasteiger partial charge < -0.3 is 0 Å². The van der Waals surface area contributed by atoms with Crippen molar-refractivity contribution in [3.63, 3.8) is 0 Å². The zero-order valence-corrected chi connectivity index (χ0v) is 9.60. The molecule has 9 fully saturated rings. The molecular formula is C16H18. The number of rotatable bonds is 0. The first-order chi connectivity index (χ1) is 7.91. The molecule has 9 rings (SSSR count). The van der Waals surface area contributed by atoms with E-state index in [9.17, 15) is 0 Å². The van der Waals surface area contributed by atoms with Crippen molar-refractivity contribution in [2.24, 2.45) is 70.0 Å². The van der Waals surface area contributed by atoms with Crippen LogP contribution in [-0.2, 0) is 0 Å². The highest BCUT2D eigenvalue weighted by molar-refractivity contribution is 5.46. The normalized spacial score (nSPS) is 97.5. The molecule has 0 aliphatic heterocycles. The minimum absolute atomic E-state index is 1.01. The minimum Gasteiger partial charge on any atom is -0.0464 e. The molecule has 9 saturated carbocycles. The molecule has 0 heteroatoms. The average Bonchev–Trinajstić information content (AvgIpc) is 2.94. The van der Waals surface area contributed by atoms with Gasteiger partial charge in [0.2, 0.25) is 0 Å². The van der Waals surface area contributed by atoms with Gasteiger partial charge in [0, 0.05) is 0 Å². The Kier molecular flexibility index (Phi) is 0.591. The van der Waals surface area contributed by atoms with E-state index >= 15 is 0 Å². The van der Waals surface area contributed by atoms with Crippen LogP contribution in [0.1, 0.15) is 25.7 Å². The lowest BCUT2D eigenvalue weighted by Crippen LogP contribution is -2.53. The standard InChI is InChI=1S/C16H18/c1-2-16-8-4-7-11-9-5-3-6(13(9)15(1,7)16)14(16)10(5)12(8)11/h5-14H,1-4H2/t5?,6?,7-,8+,9?,10?,11?,12?,13?,14?,15?,16?. The molecule has 0 radical (unpaired) electrons. The van der Waals surface area contributed by atoms with Gasteiger partial charge >= 0.3 is 0 Å². The van der Waals surface area contributed by atoms with E-state index in [1.54, 1.807) is 25.7 Å². The van der Waals surface area contributed by atoms with Crippen LogP contribution in [-0.4, -0.2) is 0 Å². The van der Waals surface area contributed by atoms with E-state index in [-0.39, 0.29) is 0 Å². The van der Waals surface area contributed by atoms with Crippen LogP contribution in [0, 0.1) is 70.0 Å². The van der Waals surface area contributed by atoms with Crippen LogP contribution in [0.15, 0.2) is 0 Å². The van der Waals surface area contributed by atoms with Crippen LogP contribution in [0.25, 0.3) is 0 Å². The summed E-state index contributed by atoms with van der Waals surface area (Å²) in [7, 11) is 0. The van der Waals surface area contributed by atoms with Crippen molar-refractivity contribution < 1.29 is 0 Å². The molecule has 16 heavy (non-hydrogen) atoms. The van der Waals surface area contributed by atoms with Gasteiger partial charge in [-0.05, 0) is 95.7 Å². The first-order valence-electron chi connectivity index (χ1n) is 7.91. The second-order valence-corrected chi connectivity index (χ2v) is 8.95. The van der Waals surface area contributed by atoms with Crippen molar-refractivity contribution in [2.75, 3.05) is 0 Å². The van der Waals surface area contributed by atoms with Gasteiger partial charge in [-0.15, -0.1) is 0 Å². The number of hydrogen-bond donors (Lipinski definition) is 0. The van der Waals surface area contributed by atoms with Crippen molar-refractivity contribution in [3.05, 3.63) is 0 Å². The van der Waals surface area contributed by atoms with Crippen LogP contribution in [0.4, 0.5) is 0 Å². The maximum absolute atomic E-state index is 1.73. The fourth-order valence-corrected chi connectivity index (χ4v) is 11.5. The lowest BCUT2D eigenvalue weighted by molar-refractivity contribution is -0.108. The summed E-state index contributed by atoms with van der Waals surface area (Å²) >= 11 is 0. The fourth-order valence-electron chi connectivity index (χ4n) is 11.5. The monoisotopic (exact) mass is 210 g/mol. The van der Waals surface area contributed by atoms with Crippen molar-refractivity contribution in [2.45, 2.75) is 25.7 Å².